The number of carbonyl (C=O) groups excluding carboxylic acids is 2. The molecule has 5 rings (SSSR count). The van der Waals surface area contributed by atoms with E-state index in [4.69, 9.17) is 9.15 Å². The van der Waals surface area contributed by atoms with Crippen molar-refractivity contribution in [2.24, 2.45) is 5.10 Å². The zero-order chi connectivity index (χ0) is 22.8. The quantitative estimate of drug-likeness (QED) is 0.265. The van der Waals surface area contributed by atoms with Crippen LogP contribution in [0.3, 0.4) is 0 Å². The summed E-state index contributed by atoms with van der Waals surface area (Å²) in [6.45, 7) is 0. The van der Waals surface area contributed by atoms with Crippen LogP contribution in [0.5, 0.6) is 5.75 Å². The minimum absolute atomic E-state index is 0.137. The Morgan fingerprint density at radius 1 is 0.879 bits per heavy atom. The first-order chi connectivity index (χ1) is 16.1. The lowest BCUT2D eigenvalue weighted by Gasteiger charge is -2.22. The van der Waals surface area contributed by atoms with Gasteiger partial charge in [0.2, 0.25) is 5.91 Å². The normalized spacial score (nSPS) is 13.6. The van der Waals surface area contributed by atoms with Crippen LogP contribution in [0.25, 0.3) is 22.1 Å². The summed E-state index contributed by atoms with van der Waals surface area (Å²) in [6.07, 6.45) is 0.331. The van der Waals surface area contributed by atoms with Gasteiger partial charge in [0.15, 0.2) is 0 Å². The van der Waals surface area contributed by atoms with Crippen LogP contribution < -0.4 is 15.4 Å². The molecule has 0 N–H and O–H groups in total. The van der Waals surface area contributed by atoms with Crippen molar-refractivity contribution in [1.82, 2.24) is 0 Å². The van der Waals surface area contributed by atoms with Gasteiger partial charge >= 0.3 is 11.6 Å². The Morgan fingerprint density at radius 2 is 1.61 bits per heavy atom. The lowest BCUT2D eigenvalue weighted by atomic mass is 10.0. The Morgan fingerprint density at radius 3 is 2.36 bits per heavy atom. The minimum atomic E-state index is -0.663. The number of esters is 1. The number of hydrogen-bond donors (Lipinski definition) is 0. The number of anilines is 1. The van der Waals surface area contributed by atoms with Gasteiger partial charge in [-0.1, -0.05) is 48.5 Å². The molecule has 162 valence electrons. The topological polar surface area (TPSA) is 89.2 Å². The van der Waals surface area contributed by atoms with Gasteiger partial charge in [-0.05, 0) is 35.4 Å². The second kappa shape index (κ2) is 8.55. The van der Waals surface area contributed by atoms with Gasteiger partial charge in [0, 0.05) is 30.4 Å². The predicted molar refractivity (Wildman–Crippen MR) is 124 cm³/mol. The third-order valence-corrected chi connectivity index (χ3v) is 5.28. The zero-order valence-corrected chi connectivity index (χ0v) is 17.4. The number of carbonyl (C=O) groups is 2. The molecule has 1 aliphatic rings. The molecule has 0 saturated heterocycles. The van der Waals surface area contributed by atoms with E-state index in [1.807, 2.05) is 36.4 Å². The van der Waals surface area contributed by atoms with Crippen LogP contribution in [0.4, 0.5) is 5.69 Å². The minimum Gasteiger partial charge on any atom is -0.423 e. The molecule has 7 nitrogen and oxygen atoms in total. The van der Waals surface area contributed by atoms with E-state index in [-0.39, 0.29) is 30.2 Å². The fourth-order valence-corrected chi connectivity index (χ4v) is 3.70. The van der Waals surface area contributed by atoms with Crippen molar-refractivity contribution in [2.45, 2.75) is 12.8 Å². The van der Waals surface area contributed by atoms with Crippen molar-refractivity contribution in [2.75, 3.05) is 5.01 Å². The summed E-state index contributed by atoms with van der Waals surface area (Å²) in [6, 6.07) is 24.7. The molecule has 33 heavy (non-hydrogen) atoms. The Labute approximate surface area is 188 Å². The van der Waals surface area contributed by atoms with E-state index in [2.05, 4.69) is 5.10 Å². The maximum absolute atomic E-state index is 12.8. The molecule has 0 aliphatic carbocycles. The lowest BCUT2D eigenvalue weighted by Crippen LogP contribution is -2.35. The maximum atomic E-state index is 12.8. The Balaban J connectivity index is 1.44. The molecule has 0 fully saturated rings. The van der Waals surface area contributed by atoms with Crippen LogP contribution in [0.1, 0.15) is 12.8 Å². The van der Waals surface area contributed by atoms with E-state index in [0.29, 0.717) is 11.3 Å². The predicted octanol–water partition coefficient (Wildman–Crippen LogP) is 4.55. The highest BCUT2D eigenvalue weighted by Crippen LogP contribution is 2.30. The van der Waals surface area contributed by atoms with Crippen molar-refractivity contribution in [3.63, 3.8) is 0 Å². The maximum Gasteiger partial charge on any atom is 0.359 e. The van der Waals surface area contributed by atoms with E-state index < -0.39 is 11.6 Å². The van der Waals surface area contributed by atoms with Gasteiger partial charge < -0.3 is 9.15 Å². The Bertz CT molecular complexity index is 1440. The number of benzene rings is 3. The van der Waals surface area contributed by atoms with Crippen molar-refractivity contribution in [3.8, 4) is 16.9 Å². The van der Waals surface area contributed by atoms with Gasteiger partial charge in [-0.25, -0.2) is 14.6 Å². The third kappa shape index (κ3) is 4.16. The molecule has 0 unspecified atom stereocenters. The molecule has 1 aliphatic heterocycles. The fraction of sp³-hybridized carbons (Fsp3) is 0.0769. The van der Waals surface area contributed by atoms with E-state index in [0.717, 1.165) is 16.5 Å². The average molecular weight is 438 g/mol. The number of rotatable bonds is 4. The summed E-state index contributed by atoms with van der Waals surface area (Å²) in [5.41, 5.74) is 2.12. The van der Waals surface area contributed by atoms with Crippen LogP contribution in [0.2, 0.25) is 0 Å². The van der Waals surface area contributed by atoms with E-state index in [9.17, 15) is 14.4 Å². The largest absolute Gasteiger partial charge is 0.423 e. The molecule has 4 aromatic rings. The molecule has 0 spiro atoms. The van der Waals surface area contributed by atoms with Gasteiger partial charge in [0.25, 0.3) is 0 Å². The monoisotopic (exact) mass is 438 g/mol. The number of fused-ring (bicyclic) bond motifs is 1. The summed E-state index contributed by atoms with van der Waals surface area (Å²) in [5.74, 6) is -0.644. The van der Waals surface area contributed by atoms with Crippen LogP contribution >= 0.6 is 0 Å². The molecule has 2 heterocycles. The van der Waals surface area contributed by atoms with E-state index >= 15 is 0 Å². The van der Waals surface area contributed by atoms with Gasteiger partial charge in [0.1, 0.15) is 17.0 Å². The number of nitrogens with zero attached hydrogens (tertiary/aromatic N) is 2. The second-order valence-corrected chi connectivity index (χ2v) is 7.48. The average Bonchev–Trinajstić information content (AvgIpc) is 2.84. The second-order valence-electron chi connectivity index (χ2n) is 7.48. The third-order valence-electron chi connectivity index (χ3n) is 5.28. The Kier molecular flexibility index (Phi) is 5.28. The summed E-state index contributed by atoms with van der Waals surface area (Å²) >= 11 is 0. The summed E-state index contributed by atoms with van der Waals surface area (Å²) in [7, 11) is 0. The van der Waals surface area contributed by atoms with Gasteiger partial charge in [-0.3, -0.25) is 4.79 Å². The highest BCUT2D eigenvalue weighted by atomic mass is 16.5. The summed E-state index contributed by atoms with van der Waals surface area (Å²) < 4.78 is 10.8. The van der Waals surface area contributed by atoms with Crippen molar-refractivity contribution < 1.29 is 18.7 Å². The fourth-order valence-electron chi connectivity index (χ4n) is 3.70. The molecule has 0 radical (unpaired) electrons. The first-order valence-electron chi connectivity index (χ1n) is 10.4. The highest BCUT2D eigenvalue weighted by molar-refractivity contribution is 6.38. The zero-order valence-electron chi connectivity index (χ0n) is 17.4. The standard InChI is InChI=1S/C26H18N2O5/c29-24-14-13-22(27-28(24)18-9-5-2-6-10-18)26(31)32-19-11-12-20-21(17-7-3-1-4-8-17)16-25(30)33-23(20)15-19/h1-12,15-16H,13-14H2. The summed E-state index contributed by atoms with van der Waals surface area (Å²) in [5, 5.41) is 6.14. The number of ether oxygens (including phenoxy) is 1. The molecule has 3 aromatic carbocycles. The van der Waals surface area contributed by atoms with Crippen molar-refractivity contribution in [1.29, 1.82) is 0 Å². The first kappa shape index (κ1) is 20.4. The van der Waals surface area contributed by atoms with Crippen LogP contribution in [0.15, 0.2) is 99.2 Å². The van der Waals surface area contributed by atoms with Crippen LogP contribution in [-0.4, -0.2) is 17.6 Å². The van der Waals surface area contributed by atoms with E-state index in [1.54, 1.807) is 36.4 Å². The Hall–Kier alpha value is -4.52. The number of hydrogen-bond acceptors (Lipinski definition) is 6. The van der Waals surface area contributed by atoms with Crippen LogP contribution in [-0.2, 0) is 9.59 Å². The number of para-hydroxylation sites is 1. The van der Waals surface area contributed by atoms with Gasteiger partial charge in [-0.2, -0.15) is 5.10 Å². The lowest BCUT2D eigenvalue weighted by molar-refractivity contribution is -0.127. The number of hydrazone groups is 1. The van der Waals surface area contributed by atoms with Gasteiger partial charge in [0.05, 0.1) is 5.69 Å². The summed E-state index contributed by atoms with van der Waals surface area (Å²) in [4.78, 5) is 37.2. The molecule has 0 saturated carbocycles. The molecule has 7 heteroatoms. The van der Waals surface area contributed by atoms with Gasteiger partial charge in [-0.15, -0.1) is 0 Å². The van der Waals surface area contributed by atoms with E-state index in [1.165, 1.54) is 17.1 Å². The molecule has 0 atom stereocenters. The molecular formula is C26H18N2O5. The highest BCUT2D eigenvalue weighted by Gasteiger charge is 2.27. The molecular weight excluding hydrogens is 420 g/mol. The molecule has 0 bridgehead atoms. The van der Waals surface area contributed by atoms with Crippen molar-refractivity contribution >= 4 is 34.2 Å². The van der Waals surface area contributed by atoms with Crippen LogP contribution in [0, 0.1) is 0 Å². The number of amides is 1. The first-order valence-corrected chi connectivity index (χ1v) is 10.4. The smallest absolute Gasteiger partial charge is 0.359 e. The SMILES string of the molecule is O=C(Oc1ccc2c(-c3ccccc3)cc(=O)oc2c1)C1=NN(c2ccccc2)C(=O)CC1. The molecule has 1 amide bonds. The van der Waals surface area contributed by atoms with Crippen molar-refractivity contribution in [3.05, 3.63) is 95.3 Å². The molecule has 1 aromatic heterocycles.